The predicted molar refractivity (Wildman–Crippen MR) is 183 cm³/mol. The van der Waals surface area contributed by atoms with Crippen molar-refractivity contribution in [2.45, 2.75) is 69.2 Å². The van der Waals surface area contributed by atoms with E-state index in [2.05, 4.69) is 46.4 Å². The molecule has 0 aromatic carbocycles. The molecule has 11 nitrogen and oxygen atoms in total. The Balaban J connectivity index is 1.32. The third-order valence-corrected chi connectivity index (χ3v) is 13.0. The number of anilines is 1. The fraction of sp³-hybridized carbons (Fsp3) is 0.457. The second kappa shape index (κ2) is 12.5. The first-order valence-electron chi connectivity index (χ1n) is 16.6. The van der Waals surface area contributed by atoms with Gasteiger partial charge >= 0.3 is 6.01 Å². The van der Waals surface area contributed by atoms with Crippen LogP contribution < -0.4 is 10.1 Å². The maximum Gasteiger partial charge on any atom is 0.354 e. The zero-order valence-corrected chi connectivity index (χ0v) is 28.9. The third kappa shape index (κ3) is 5.55. The summed E-state index contributed by atoms with van der Waals surface area (Å²) in [6.07, 6.45) is 8.99. The van der Waals surface area contributed by atoms with Gasteiger partial charge in [0.2, 0.25) is 0 Å². The fourth-order valence-electron chi connectivity index (χ4n) is 7.45. The van der Waals surface area contributed by atoms with Crippen LogP contribution in [0.1, 0.15) is 74.1 Å². The molecular formula is C35H38N6O5S2. The Morgan fingerprint density at radius 3 is 2.73 bits per heavy atom. The van der Waals surface area contributed by atoms with Crippen LogP contribution in [0.5, 0.6) is 6.01 Å². The number of rotatable bonds is 9. The van der Waals surface area contributed by atoms with Crippen molar-refractivity contribution in [1.82, 2.24) is 25.1 Å². The molecule has 3 aliphatic rings. The van der Waals surface area contributed by atoms with Gasteiger partial charge in [0.15, 0.2) is 9.84 Å². The number of aromatic nitrogens is 5. The van der Waals surface area contributed by atoms with Gasteiger partial charge in [0.25, 0.3) is 5.89 Å². The van der Waals surface area contributed by atoms with Crippen LogP contribution in [0.2, 0.25) is 0 Å². The van der Waals surface area contributed by atoms with E-state index < -0.39 is 9.84 Å². The summed E-state index contributed by atoms with van der Waals surface area (Å²) < 4.78 is 46.0. The van der Waals surface area contributed by atoms with Gasteiger partial charge in [0.1, 0.15) is 5.82 Å². The van der Waals surface area contributed by atoms with E-state index in [4.69, 9.17) is 24.0 Å². The molecule has 48 heavy (non-hydrogen) atoms. The lowest BCUT2D eigenvalue weighted by atomic mass is 9.89. The number of methoxy groups -OCH3 is 1. The number of ether oxygens (including phenoxy) is 2. The number of hydrogen-bond donors (Lipinski definition) is 1. The van der Waals surface area contributed by atoms with Gasteiger partial charge in [-0.25, -0.2) is 13.4 Å². The van der Waals surface area contributed by atoms with E-state index >= 15 is 0 Å². The number of thiophene rings is 1. The van der Waals surface area contributed by atoms with Gasteiger partial charge in [-0.2, -0.15) is 4.98 Å². The molecule has 2 atom stereocenters. The average Bonchev–Trinajstić information content (AvgIpc) is 3.89. The third-order valence-electron chi connectivity index (χ3n) is 10.0. The van der Waals surface area contributed by atoms with Crippen LogP contribution in [0, 0.1) is 11.8 Å². The molecule has 8 rings (SSSR count). The first-order valence-corrected chi connectivity index (χ1v) is 19.1. The number of fused-ring (bicyclic) bond motifs is 3. The molecule has 7 heterocycles. The molecule has 0 bridgehead atoms. The van der Waals surface area contributed by atoms with Crippen LogP contribution in [0.15, 0.2) is 46.1 Å². The molecule has 1 fully saturated rings. The van der Waals surface area contributed by atoms with Crippen LogP contribution in [0.4, 0.5) is 5.82 Å². The number of nitrogens with zero attached hydrogens (tertiary/aromatic N) is 5. The summed E-state index contributed by atoms with van der Waals surface area (Å²) in [6.45, 7) is 5.64. The summed E-state index contributed by atoms with van der Waals surface area (Å²) in [5.74, 6) is 1.34. The van der Waals surface area contributed by atoms with Crippen molar-refractivity contribution in [3.8, 4) is 27.9 Å². The van der Waals surface area contributed by atoms with Crippen molar-refractivity contribution in [3.05, 3.63) is 59.3 Å². The van der Waals surface area contributed by atoms with Gasteiger partial charge in [-0.15, -0.1) is 11.3 Å². The van der Waals surface area contributed by atoms with Crippen LogP contribution in [0.25, 0.3) is 32.0 Å². The van der Waals surface area contributed by atoms with Gasteiger partial charge in [-0.3, -0.25) is 9.97 Å². The minimum absolute atomic E-state index is 0.0182. The monoisotopic (exact) mass is 686 g/mol. The molecule has 13 heteroatoms. The van der Waals surface area contributed by atoms with Crippen LogP contribution >= 0.6 is 11.3 Å². The molecule has 5 aromatic heterocycles. The highest BCUT2D eigenvalue weighted by atomic mass is 32.2. The Morgan fingerprint density at radius 1 is 1.08 bits per heavy atom. The Hall–Kier alpha value is -3.94. The lowest BCUT2D eigenvalue weighted by Gasteiger charge is -2.23. The molecule has 1 saturated heterocycles. The van der Waals surface area contributed by atoms with Gasteiger partial charge in [-0.05, 0) is 84.7 Å². The number of pyridine rings is 3. The average molecular weight is 687 g/mol. The topological polar surface area (TPSA) is 142 Å². The Kier molecular flexibility index (Phi) is 8.16. The first-order chi connectivity index (χ1) is 23.3. The molecule has 5 aromatic rings. The molecular weight excluding hydrogens is 649 g/mol. The van der Waals surface area contributed by atoms with Gasteiger partial charge in [0.05, 0.1) is 45.5 Å². The summed E-state index contributed by atoms with van der Waals surface area (Å²) in [7, 11) is -2.21. The molecule has 250 valence electrons. The van der Waals surface area contributed by atoms with Crippen molar-refractivity contribution in [3.63, 3.8) is 0 Å². The quantitative estimate of drug-likeness (QED) is 0.175. The molecule has 0 amide bonds. The zero-order valence-electron chi connectivity index (χ0n) is 27.2. The van der Waals surface area contributed by atoms with Crippen molar-refractivity contribution in [2.24, 2.45) is 11.8 Å². The Morgan fingerprint density at radius 2 is 1.94 bits per heavy atom. The standard InChI is InChI=1S/C35H38N6O5S2/c1-19(2)23-18-48(42,43)32-29(27-17-21-10-14-37-33(31(21)47-27)39-25-9-8-24-22(25)5-4-13-36-24)28(34-40-35(44-3)41-46-34)26(38-30(23)32)7-6-20-11-15-45-16-12-20/h4-5,10,13-14,17,19-20,23,25H,6-9,11-12,15-16,18H2,1-3H3,(H,37,39). The SMILES string of the molecule is COc1noc(-c2c(CCC3CCOCC3)nc3c(c2-c2cc4ccnc(NC5CCc6ncccc65)c4s2)S(=O)(=O)CC3C(C)C)n1. The van der Waals surface area contributed by atoms with Crippen LogP contribution in [0.3, 0.4) is 0 Å². The smallest absolute Gasteiger partial charge is 0.354 e. The molecule has 2 unspecified atom stereocenters. The van der Waals surface area contributed by atoms with Crippen molar-refractivity contribution < 1.29 is 22.4 Å². The van der Waals surface area contributed by atoms with Crippen molar-refractivity contribution >= 4 is 37.1 Å². The maximum absolute atomic E-state index is 14.2. The maximum atomic E-state index is 14.2. The molecule has 1 aliphatic carbocycles. The minimum Gasteiger partial charge on any atom is -0.465 e. The highest BCUT2D eigenvalue weighted by Gasteiger charge is 2.43. The summed E-state index contributed by atoms with van der Waals surface area (Å²) >= 11 is 1.52. The second-order valence-electron chi connectivity index (χ2n) is 13.3. The lowest BCUT2D eigenvalue weighted by Crippen LogP contribution is -2.17. The van der Waals surface area contributed by atoms with Crippen molar-refractivity contribution in [1.29, 1.82) is 0 Å². The Bertz CT molecular complexity index is 2100. The highest BCUT2D eigenvalue weighted by Crippen LogP contribution is 2.51. The van der Waals surface area contributed by atoms with E-state index in [9.17, 15) is 8.42 Å². The van der Waals surface area contributed by atoms with Gasteiger partial charge in [0, 0.05) is 47.7 Å². The molecule has 2 aliphatic heterocycles. The lowest BCUT2D eigenvalue weighted by molar-refractivity contribution is 0.0639. The number of sulfone groups is 1. The number of hydrogen-bond acceptors (Lipinski definition) is 12. The fourth-order valence-corrected chi connectivity index (χ4v) is 10.9. The highest BCUT2D eigenvalue weighted by molar-refractivity contribution is 7.92. The summed E-state index contributed by atoms with van der Waals surface area (Å²) in [4.78, 5) is 20.1. The van der Waals surface area contributed by atoms with E-state index in [1.165, 1.54) is 24.0 Å². The summed E-state index contributed by atoms with van der Waals surface area (Å²) in [6, 6.07) is 8.29. The molecule has 1 N–H and O–H groups in total. The molecule has 0 radical (unpaired) electrons. The van der Waals surface area contributed by atoms with E-state index in [1.54, 1.807) is 6.20 Å². The normalized spacial score (nSPS) is 20.3. The van der Waals surface area contributed by atoms with Crippen LogP contribution in [-0.2, 0) is 27.4 Å². The molecule has 0 saturated carbocycles. The second-order valence-corrected chi connectivity index (χ2v) is 16.3. The minimum atomic E-state index is -3.69. The predicted octanol–water partition coefficient (Wildman–Crippen LogP) is 6.80. The van der Waals surface area contributed by atoms with Crippen LogP contribution in [-0.4, -0.2) is 59.6 Å². The van der Waals surface area contributed by atoms with E-state index in [1.807, 2.05) is 18.3 Å². The largest absolute Gasteiger partial charge is 0.465 e. The van der Waals surface area contributed by atoms with E-state index in [0.29, 0.717) is 29.2 Å². The van der Waals surface area contributed by atoms with Crippen molar-refractivity contribution in [2.75, 3.05) is 31.4 Å². The Labute approximate surface area is 283 Å². The first kappa shape index (κ1) is 31.3. The van der Waals surface area contributed by atoms with Gasteiger partial charge < -0.3 is 19.3 Å². The molecule has 0 spiro atoms. The number of nitrogens with one attached hydrogen (secondary N) is 1. The zero-order chi connectivity index (χ0) is 33.0. The van der Waals surface area contributed by atoms with E-state index in [0.717, 1.165) is 77.5 Å². The number of aryl methyl sites for hydroxylation is 2. The van der Waals surface area contributed by atoms with Gasteiger partial charge in [-0.1, -0.05) is 19.9 Å². The summed E-state index contributed by atoms with van der Waals surface area (Å²) in [5.41, 5.74) is 4.86. The van der Waals surface area contributed by atoms with E-state index in [-0.39, 0.29) is 40.4 Å². The summed E-state index contributed by atoms with van der Waals surface area (Å²) in [5, 5.41) is 8.67.